The lowest BCUT2D eigenvalue weighted by atomic mass is 9.95. The molecule has 0 atom stereocenters. The Morgan fingerprint density at radius 2 is 1.84 bits per heavy atom. The second kappa shape index (κ2) is 7.72. The van der Waals surface area contributed by atoms with E-state index in [9.17, 15) is 14.9 Å². The average molecular weight is 445 g/mol. The van der Waals surface area contributed by atoms with Crippen molar-refractivity contribution in [2.75, 3.05) is 11.1 Å². The number of rotatable bonds is 4. The zero-order chi connectivity index (χ0) is 22.4. The van der Waals surface area contributed by atoms with Gasteiger partial charge in [0, 0.05) is 28.9 Å². The molecule has 4 aromatic rings. The van der Waals surface area contributed by atoms with Gasteiger partial charge in [0.25, 0.3) is 11.6 Å². The number of anilines is 2. The number of carbonyl (C=O) groups is 1. The van der Waals surface area contributed by atoms with Crippen LogP contribution < -0.4 is 11.1 Å². The van der Waals surface area contributed by atoms with E-state index in [-0.39, 0.29) is 11.6 Å². The SMILES string of the molecule is Cc1ccc(-c2c3c(nc4sc(C(=O)Nc5ccc([N+](=O)[O-])cc5)c(N)c24)CCC3)cc1. The van der Waals surface area contributed by atoms with E-state index >= 15 is 0 Å². The number of amides is 1. The maximum absolute atomic E-state index is 13.0. The summed E-state index contributed by atoms with van der Waals surface area (Å²) in [5.74, 6) is -0.352. The minimum absolute atomic E-state index is 0.0363. The summed E-state index contributed by atoms with van der Waals surface area (Å²) in [6, 6.07) is 14.1. The molecule has 1 aliphatic carbocycles. The summed E-state index contributed by atoms with van der Waals surface area (Å²) in [5.41, 5.74) is 13.0. The maximum Gasteiger partial charge on any atom is 0.269 e. The molecule has 32 heavy (non-hydrogen) atoms. The first-order valence-electron chi connectivity index (χ1n) is 10.3. The quantitative estimate of drug-likeness (QED) is 0.319. The van der Waals surface area contributed by atoms with Crippen LogP contribution in [0.3, 0.4) is 0 Å². The van der Waals surface area contributed by atoms with Crippen LogP contribution in [0.1, 0.15) is 32.9 Å². The molecular formula is C24H20N4O3S. The van der Waals surface area contributed by atoms with Crippen LogP contribution in [-0.4, -0.2) is 15.8 Å². The van der Waals surface area contributed by atoms with Gasteiger partial charge in [0.2, 0.25) is 0 Å². The number of nitrogens with one attached hydrogen (secondary N) is 1. The van der Waals surface area contributed by atoms with Crippen LogP contribution in [0, 0.1) is 17.0 Å². The molecule has 1 amide bonds. The zero-order valence-corrected chi connectivity index (χ0v) is 18.2. The van der Waals surface area contributed by atoms with Gasteiger partial charge >= 0.3 is 0 Å². The molecule has 0 saturated carbocycles. The van der Waals surface area contributed by atoms with Crippen molar-refractivity contribution in [1.82, 2.24) is 4.98 Å². The molecule has 160 valence electrons. The van der Waals surface area contributed by atoms with Crippen LogP contribution in [0.5, 0.6) is 0 Å². The molecule has 2 heterocycles. The van der Waals surface area contributed by atoms with Crippen LogP contribution in [0.15, 0.2) is 48.5 Å². The third-order valence-electron chi connectivity index (χ3n) is 5.79. The first kappa shape index (κ1) is 20.1. The molecule has 3 N–H and O–H groups in total. The number of nitrogens with two attached hydrogens (primary N) is 1. The highest BCUT2D eigenvalue weighted by Crippen LogP contribution is 2.44. The highest BCUT2D eigenvalue weighted by atomic mass is 32.1. The third-order valence-corrected chi connectivity index (χ3v) is 6.88. The van der Waals surface area contributed by atoms with Crippen LogP contribution in [0.4, 0.5) is 17.1 Å². The number of hydrogen-bond donors (Lipinski definition) is 2. The fraction of sp³-hybridized carbons (Fsp3) is 0.167. The van der Waals surface area contributed by atoms with Gasteiger partial charge in [-0.1, -0.05) is 29.8 Å². The lowest BCUT2D eigenvalue weighted by Gasteiger charge is -2.12. The van der Waals surface area contributed by atoms with E-state index in [0.717, 1.165) is 46.3 Å². The monoisotopic (exact) mass is 444 g/mol. The van der Waals surface area contributed by atoms with Crippen molar-refractivity contribution in [2.45, 2.75) is 26.2 Å². The molecule has 0 spiro atoms. The summed E-state index contributed by atoms with van der Waals surface area (Å²) in [7, 11) is 0. The number of pyridine rings is 1. The standard InChI is InChI=1S/C24H20N4O3S/c1-13-5-7-14(8-6-13)19-17-3-2-4-18(17)27-24-20(19)21(25)22(32-24)23(29)26-15-9-11-16(12-10-15)28(30)31/h5-12H,2-4,25H2,1H3,(H,26,29). The van der Waals surface area contributed by atoms with Crippen LogP contribution in [-0.2, 0) is 12.8 Å². The third kappa shape index (κ3) is 3.38. The molecule has 8 heteroatoms. The Hall–Kier alpha value is -3.78. The smallest absolute Gasteiger partial charge is 0.269 e. The fourth-order valence-corrected chi connectivity index (χ4v) is 5.23. The van der Waals surface area contributed by atoms with Crippen LogP contribution >= 0.6 is 11.3 Å². The highest BCUT2D eigenvalue weighted by molar-refractivity contribution is 7.21. The summed E-state index contributed by atoms with van der Waals surface area (Å²) in [5, 5.41) is 14.5. The first-order chi connectivity index (χ1) is 15.4. The Kier molecular flexibility index (Phi) is 4.86. The molecule has 0 radical (unpaired) electrons. The normalized spacial score (nSPS) is 12.7. The summed E-state index contributed by atoms with van der Waals surface area (Å²) < 4.78 is 0. The molecule has 0 aliphatic heterocycles. The lowest BCUT2D eigenvalue weighted by Crippen LogP contribution is -2.12. The van der Waals surface area contributed by atoms with Crippen molar-refractivity contribution in [1.29, 1.82) is 0 Å². The molecule has 2 aromatic heterocycles. The summed E-state index contributed by atoms with van der Waals surface area (Å²) in [4.78, 5) is 29.4. The minimum atomic E-state index is -0.479. The highest BCUT2D eigenvalue weighted by Gasteiger charge is 2.26. The minimum Gasteiger partial charge on any atom is -0.397 e. The molecule has 0 unspecified atom stereocenters. The molecule has 0 saturated heterocycles. The van der Waals surface area contributed by atoms with Gasteiger partial charge in [0.05, 0.1) is 10.6 Å². The Labute approximate surface area is 188 Å². The average Bonchev–Trinajstić information content (AvgIpc) is 3.37. The topological polar surface area (TPSA) is 111 Å². The summed E-state index contributed by atoms with van der Waals surface area (Å²) >= 11 is 1.28. The van der Waals surface area contributed by atoms with Crippen LogP contribution in [0.2, 0.25) is 0 Å². The Morgan fingerprint density at radius 1 is 1.12 bits per heavy atom. The molecule has 2 aromatic carbocycles. The molecule has 1 aliphatic rings. The van der Waals surface area contributed by atoms with E-state index in [2.05, 4.69) is 36.5 Å². The van der Waals surface area contributed by atoms with Gasteiger partial charge in [-0.3, -0.25) is 14.9 Å². The molecule has 0 fully saturated rings. The van der Waals surface area contributed by atoms with E-state index < -0.39 is 4.92 Å². The lowest BCUT2D eigenvalue weighted by molar-refractivity contribution is -0.384. The number of nitro groups is 1. The molecule has 0 bridgehead atoms. The number of aromatic nitrogens is 1. The van der Waals surface area contributed by atoms with Gasteiger partial charge in [0.1, 0.15) is 9.71 Å². The molecule has 5 rings (SSSR count). The number of benzene rings is 2. The van der Waals surface area contributed by atoms with Gasteiger partial charge in [-0.05, 0) is 55.0 Å². The van der Waals surface area contributed by atoms with Gasteiger partial charge in [-0.15, -0.1) is 11.3 Å². The van der Waals surface area contributed by atoms with Crippen LogP contribution in [0.25, 0.3) is 21.3 Å². The maximum atomic E-state index is 13.0. The van der Waals surface area contributed by atoms with Crippen molar-refractivity contribution >= 4 is 44.5 Å². The number of nitro benzene ring substituents is 1. The Bertz CT molecular complexity index is 1380. The Balaban J connectivity index is 1.59. The number of hydrogen-bond acceptors (Lipinski definition) is 6. The number of fused-ring (bicyclic) bond motifs is 2. The molecule has 7 nitrogen and oxygen atoms in total. The van der Waals surface area contributed by atoms with E-state index in [1.807, 2.05) is 0 Å². The Morgan fingerprint density at radius 3 is 2.53 bits per heavy atom. The predicted molar refractivity (Wildman–Crippen MR) is 127 cm³/mol. The number of thiophene rings is 1. The predicted octanol–water partition coefficient (Wildman–Crippen LogP) is 5.50. The second-order valence-corrected chi connectivity index (χ2v) is 8.91. The second-order valence-electron chi connectivity index (χ2n) is 7.91. The number of aryl methyl sites for hydroxylation is 2. The van der Waals surface area contributed by atoms with E-state index in [1.54, 1.807) is 0 Å². The van der Waals surface area contributed by atoms with E-state index in [4.69, 9.17) is 10.7 Å². The van der Waals surface area contributed by atoms with Gasteiger partial charge in [-0.25, -0.2) is 4.98 Å². The number of nitrogens with zero attached hydrogens (tertiary/aromatic N) is 2. The van der Waals surface area contributed by atoms with Crippen molar-refractivity contribution in [3.63, 3.8) is 0 Å². The van der Waals surface area contributed by atoms with Gasteiger partial charge in [-0.2, -0.15) is 0 Å². The number of non-ortho nitro benzene ring substituents is 1. The summed E-state index contributed by atoms with van der Waals surface area (Å²) in [6.45, 7) is 2.05. The molecular weight excluding hydrogens is 424 g/mol. The summed E-state index contributed by atoms with van der Waals surface area (Å²) in [6.07, 6.45) is 2.93. The van der Waals surface area contributed by atoms with Gasteiger partial charge < -0.3 is 11.1 Å². The largest absolute Gasteiger partial charge is 0.397 e. The van der Waals surface area contributed by atoms with Crippen molar-refractivity contribution in [2.24, 2.45) is 0 Å². The van der Waals surface area contributed by atoms with Gasteiger partial charge in [0.15, 0.2) is 0 Å². The zero-order valence-electron chi connectivity index (χ0n) is 17.3. The van der Waals surface area contributed by atoms with Crippen molar-refractivity contribution in [3.8, 4) is 11.1 Å². The number of nitrogen functional groups attached to an aromatic ring is 1. The van der Waals surface area contributed by atoms with Crippen molar-refractivity contribution < 1.29 is 9.72 Å². The van der Waals surface area contributed by atoms with Crippen molar-refractivity contribution in [3.05, 3.63) is 80.3 Å². The van der Waals surface area contributed by atoms with E-state index in [1.165, 1.54) is 46.7 Å². The van der Waals surface area contributed by atoms with E-state index in [0.29, 0.717) is 16.3 Å². The first-order valence-corrected chi connectivity index (χ1v) is 11.1. The number of carbonyl (C=O) groups excluding carboxylic acids is 1. The fourth-order valence-electron chi connectivity index (χ4n) is 4.21.